The predicted octanol–water partition coefficient (Wildman–Crippen LogP) is 15.2. The Labute approximate surface area is 334 Å². The van der Waals surface area contributed by atoms with E-state index in [1.807, 2.05) is 26.0 Å². The van der Waals surface area contributed by atoms with Gasteiger partial charge in [0, 0.05) is 22.3 Å². The summed E-state index contributed by atoms with van der Waals surface area (Å²) in [5.41, 5.74) is -2.40. The van der Waals surface area contributed by atoms with Crippen LogP contribution in [-0.4, -0.2) is 9.97 Å². The largest absolute Gasteiger partial charge is 0.416 e. The van der Waals surface area contributed by atoms with Crippen LogP contribution < -0.4 is 0 Å². The fourth-order valence-corrected chi connectivity index (χ4v) is 6.92. The van der Waals surface area contributed by atoms with E-state index in [9.17, 15) is 52.7 Å². The normalized spacial score (nSPS) is 12.5. The van der Waals surface area contributed by atoms with Gasteiger partial charge in [-0.1, -0.05) is 60.7 Å². The lowest BCUT2D eigenvalue weighted by molar-refractivity contribution is -0.144. The number of benzene rings is 5. The van der Waals surface area contributed by atoms with Crippen molar-refractivity contribution in [1.29, 1.82) is 0 Å². The van der Waals surface area contributed by atoms with Gasteiger partial charge >= 0.3 is 24.7 Å². The highest BCUT2D eigenvalue weighted by Crippen LogP contribution is 2.45. The summed E-state index contributed by atoms with van der Waals surface area (Å²) in [6.07, 6.45) is -20.4. The van der Waals surface area contributed by atoms with E-state index in [4.69, 9.17) is 0 Å². The van der Waals surface area contributed by atoms with Crippen LogP contribution in [0.15, 0.2) is 133 Å². The van der Waals surface area contributed by atoms with Crippen LogP contribution in [0.4, 0.5) is 52.7 Å². The highest BCUT2D eigenvalue weighted by atomic mass is 19.4. The first-order chi connectivity index (χ1) is 28.1. The van der Waals surface area contributed by atoms with E-state index in [0.717, 1.165) is 11.1 Å². The van der Waals surface area contributed by atoms with E-state index in [2.05, 4.69) is 9.97 Å². The fraction of sp³-hybridized carbons (Fsp3) is 0.130. The molecule has 0 fully saturated rings. The van der Waals surface area contributed by atoms with Gasteiger partial charge in [0.2, 0.25) is 0 Å². The van der Waals surface area contributed by atoms with Gasteiger partial charge in [-0.3, -0.25) is 0 Å². The maximum absolute atomic E-state index is 13.9. The average molecular weight is 837 g/mol. The second-order valence-electron chi connectivity index (χ2n) is 14.0. The van der Waals surface area contributed by atoms with Gasteiger partial charge in [-0.05, 0) is 120 Å². The predicted molar refractivity (Wildman–Crippen MR) is 204 cm³/mol. The number of pyridine rings is 2. The molecular weight excluding hydrogens is 808 g/mol. The smallest absolute Gasteiger partial charge is 0.248 e. The summed E-state index contributed by atoms with van der Waals surface area (Å²) in [6, 6.07) is 28.7. The van der Waals surface area contributed by atoms with Gasteiger partial charge in [-0.2, -0.15) is 52.7 Å². The zero-order chi connectivity index (χ0) is 43.4. The number of hydrogen-bond donors (Lipinski definition) is 0. The molecule has 7 aromatic rings. The Bertz CT molecular complexity index is 2490. The van der Waals surface area contributed by atoms with Crippen molar-refractivity contribution in [2.75, 3.05) is 0 Å². The molecule has 0 aliphatic heterocycles. The van der Waals surface area contributed by atoms with E-state index in [1.54, 1.807) is 60.7 Å². The van der Waals surface area contributed by atoms with Gasteiger partial charge in [-0.15, -0.1) is 0 Å². The summed E-state index contributed by atoms with van der Waals surface area (Å²) in [5.74, 6) is 0. The highest BCUT2D eigenvalue weighted by molar-refractivity contribution is 5.95. The third-order valence-electron chi connectivity index (χ3n) is 9.85. The Hall–Kier alpha value is -6.44. The summed E-state index contributed by atoms with van der Waals surface area (Å²) in [4.78, 5) is 9.22. The molecule has 2 heterocycles. The lowest BCUT2D eigenvalue weighted by Crippen LogP contribution is -2.11. The zero-order valence-corrected chi connectivity index (χ0v) is 31.1. The van der Waals surface area contributed by atoms with Crippen LogP contribution in [0.25, 0.3) is 67.3 Å². The number of alkyl halides is 12. The zero-order valence-electron chi connectivity index (χ0n) is 31.1. The third kappa shape index (κ3) is 8.63. The average Bonchev–Trinajstić information content (AvgIpc) is 3.19. The highest BCUT2D eigenvalue weighted by Gasteiger charge is 2.38. The van der Waals surface area contributed by atoms with Crippen LogP contribution in [0.3, 0.4) is 0 Å². The molecule has 0 bridgehead atoms. The van der Waals surface area contributed by atoms with Crippen LogP contribution in [0.2, 0.25) is 0 Å². The van der Waals surface area contributed by atoms with Crippen LogP contribution in [-0.2, 0) is 24.7 Å². The minimum absolute atomic E-state index is 0.0299. The summed E-state index contributed by atoms with van der Waals surface area (Å²) < 4.78 is 166. The number of halogens is 12. The van der Waals surface area contributed by atoms with Crippen molar-refractivity contribution < 1.29 is 52.7 Å². The molecule has 14 heteroatoms. The lowest BCUT2D eigenvalue weighted by atomic mass is 9.85. The first-order valence-electron chi connectivity index (χ1n) is 17.9. The van der Waals surface area contributed by atoms with Crippen LogP contribution in [0.5, 0.6) is 0 Å². The van der Waals surface area contributed by atoms with Crippen LogP contribution in [0.1, 0.15) is 33.4 Å². The molecule has 0 aliphatic rings. The monoisotopic (exact) mass is 836 g/mol. The molecule has 0 spiro atoms. The van der Waals surface area contributed by atoms with E-state index in [-0.39, 0.29) is 34.9 Å². The molecular formula is C46H28F12N2. The third-order valence-corrected chi connectivity index (χ3v) is 9.85. The molecule has 0 unspecified atom stereocenters. The standard InChI is InChI=1S/C46H28F12N2/c1-25-9-3-5-11-33(25)35-23-38(42-16-8-14-40(60-42)28-19-31(45(53,54)55)22-32(20-28)46(56,57)58)36(34-12-6-4-10-26(34)2)24-37(35)41-15-7-13-39(59-41)27-17-29(43(47,48)49)21-30(18-27)44(50,51)52/h3-24H,1-2H3. The second kappa shape index (κ2) is 15.3. The molecule has 0 N–H and O–H groups in total. The summed E-state index contributed by atoms with van der Waals surface area (Å²) in [6.45, 7) is 3.62. The van der Waals surface area contributed by atoms with Gasteiger partial charge in [0.05, 0.1) is 45.0 Å². The maximum atomic E-state index is 13.9. The molecule has 306 valence electrons. The van der Waals surface area contributed by atoms with Gasteiger partial charge < -0.3 is 0 Å². The van der Waals surface area contributed by atoms with Gasteiger partial charge in [-0.25, -0.2) is 9.97 Å². The molecule has 0 saturated heterocycles. The number of nitrogens with zero attached hydrogens (tertiary/aromatic N) is 2. The Morgan fingerprint density at radius 3 is 0.900 bits per heavy atom. The summed E-state index contributed by atoms with van der Waals surface area (Å²) in [7, 11) is 0. The number of aryl methyl sites for hydroxylation is 2. The second-order valence-corrected chi connectivity index (χ2v) is 14.0. The van der Waals surface area contributed by atoms with E-state index >= 15 is 0 Å². The van der Waals surface area contributed by atoms with Crippen molar-refractivity contribution in [1.82, 2.24) is 9.97 Å². The van der Waals surface area contributed by atoms with Crippen molar-refractivity contribution in [2.24, 2.45) is 0 Å². The molecule has 60 heavy (non-hydrogen) atoms. The molecule has 0 saturated carbocycles. The van der Waals surface area contributed by atoms with E-state index < -0.39 is 58.1 Å². The summed E-state index contributed by atoms with van der Waals surface area (Å²) >= 11 is 0. The molecule has 2 aromatic heterocycles. The molecule has 2 nitrogen and oxygen atoms in total. The van der Waals surface area contributed by atoms with Crippen molar-refractivity contribution in [3.05, 3.63) is 167 Å². The molecule has 0 atom stereocenters. The molecule has 7 rings (SSSR count). The Balaban J connectivity index is 1.50. The van der Waals surface area contributed by atoms with Crippen molar-refractivity contribution >= 4 is 0 Å². The summed E-state index contributed by atoms with van der Waals surface area (Å²) in [5, 5.41) is 0. The quantitative estimate of drug-likeness (QED) is 0.156. The fourth-order valence-electron chi connectivity index (χ4n) is 6.92. The minimum Gasteiger partial charge on any atom is -0.248 e. The van der Waals surface area contributed by atoms with E-state index in [0.29, 0.717) is 57.6 Å². The van der Waals surface area contributed by atoms with Gasteiger partial charge in [0.15, 0.2) is 0 Å². The first kappa shape index (κ1) is 41.7. The SMILES string of the molecule is Cc1ccccc1-c1cc(-c2cccc(-c3cc(C(F)(F)F)cc(C(F)(F)F)c3)n2)c(-c2ccccc2C)cc1-c1cccc(-c2cc(C(F)(F)F)cc(C(F)(F)F)c2)n1. The van der Waals surface area contributed by atoms with Crippen LogP contribution in [0, 0.1) is 13.8 Å². The minimum atomic E-state index is -5.10. The Kier molecular flexibility index (Phi) is 10.6. The van der Waals surface area contributed by atoms with Gasteiger partial charge in [0.1, 0.15) is 0 Å². The molecule has 5 aromatic carbocycles. The van der Waals surface area contributed by atoms with Crippen LogP contribution >= 0.6 is 0 Å². The van der Waals surface area contributed by atoms with Gasteiger partial charge in [0.25, 0.3) is 0 Å². The topological polar surface area (TPSA) is 25.8 Å². The van der Waals surface area contributed by atoms with Crippen molar-refractivity contribution in [3.63, 3.8) is 0 Å². The Morgan fingerprint density at radius 1 is 0.300 bits per heavy atom. The first-order valence-corrected chi connectivity index (χ1v) is 17.9. The molecule has 0 aliphatic carbocycles. The lowest BCUT2D eigenvalue weighted by Gasteiger charge is -2.20. The molecule has 0 amide bonds. The van der Waals surface area contributed by atoms with E-state index in [1.165, 1.54) is 24.3 Å². The van der Waals surface area contributed by atoms with Crippen molar-refractivity contribution in [3.8, 4) is 67.3 Å². The number of rotatable bonds is 6. The van der Waals surface area contributed by atoms with Crippen molar-refractivity contribution in [2.45, 2.75) is 38.6 Å². The number of aromatic nitrogens is 2. The number of hydrogen-bond acceptors (Lipinski definition) is 2. The Morgan fingerprint density at radius 2 is 0.600 bits per heavy atom. The molecule has 0 radical (unpaired) electrons. The maximum Gasteiger partial charge on any atom is 0.416 e.